The molecule has 35 heavy (non-hydrogen) atoms. The van der Waals surface area contributed by atoms with E-state index in [1.807, 2.05) is 6.07 Å². The molecule has 3 rings (SSSR count). The second kappa shape index (κ2) is 14.6. The van der Waals surface area contributed by atoms with Gasteiger partial charge in [0, 0.05) is 11.1 Å². The summed E-state index contributed by atoms with van der Waals surface area (Å²) in [6, 6.07) is 7.64. The molecule has 0 amide bonds. The van der Waals surface area contributed by atoms with Crippen LogP contribution in [0.25, 0.3) is 11.1 Å². The maximum absolute atomic E-state index is 14.8. The standard InChI is InChI=1S/C31H43F3O/c1-3-5-6-7-8-9-10-11-23-12-14-24(15-13-23)16-17-25-18-19-26(28(32)22-25)27-20-21-29(35-4-2)31(34)30(27)33/h18-24H,3-17H2,1-2H3. The van der Waals surface area contributed by atoms with Gasteiger partial charge in [-0.3, -0.25) is 0 Å². The summed E-state index contributed by atoms with van der Waals surface area (Å²) in [6.45, 7) is 4.20. The molecule has 1 aliphatic carbocycles. The number of benzene rings is 2. The van der Waals surface area contributed by atoms with E-state index in [1.165, 1.54) is 95.2 Å². The van der Waals surface area contributed by atoms with Crippen molar-refractivity contribution >= 4 is 0 Å². The Bertz CT molecular complexity index is 902. The van der Waals surface area contributed by atoms with Gasteiger partial charge in [-0.15, -0.1) is 0 Å². The molecule has 0 saturated heterocycles. The van der Waals surface area contributed by atoms with E-state index in [2.05, 4.69) is 6.92 Å². The Morgan fingerprint density at radius 1 is 0.714 bits per heavy atom. The quantitative estimate of drug-likeness (QED) is 0.240. The zero-order valence-corrected chi connectivity index (χ0v) is 21.7. The Labute approximate surface area is 210 Å². The van der Waals surface area contributed by atoms with Crippen molar-refractivity contribution in [3.05, 3.63) is 53.3 Å². The number of hydrogen-bond acceptors (Lipinski definition) is 1. The van der Waals surface area contributed by atoms with Gasteiger partial charge in [-0.25, -0.2) is 8.78 Å². The van der Waals surface area contributed by atoms with Crippen LogP contribution in [0.4, 0.5) is 13.2 Å². The molecule has 0 radical (unpaired) electrons. The minimum absolute atomic E-state index is 0.0747. The van der Waals surface area contributed by atoms with Crippen molar-refractivity contribution in [1.29, 1.82) is 0 Å². The van der Waals surface area contributed by atoms with E-state index in [-0.39, 0.29) is 23.5 Å². The Hall–Kier alpha value is -1.97. The molecule has 194 valence electrons. The third kappa shape index (κ3) is 8.29. The zero-order valence-electron chi connectivity index (χ0n) is 21.7. The lowest BCUT2D eigenvalue weighted by atomic mass is 9.77. The number of aryl methyl sites for hydroxylation is 1. The lowest BCUT2D eigenvalue weighted by Crippen LogP contribution is -2.15. The normalized spacial score (nSPS) is 18.1. The van der Waals surface area contributed by atoms with E-state index in [0.717, 1.165) is 24.3 Å². The van der Waals surface area contributed by atoms with Crippen LogP contribution in [0, 0.1) is 29.3 Å². The molecule has 0 unspecified atom stereocenters. The van der Waals surface area contributed by atoms with Crippen molar-refractivity contribution in [1.82, 2.24) is 0 Å². The van der Waals surface area contributed by atoms with Crippen LogP contribution in [-0.2, 0) is 6.42 Å². The topological polar surface area (TPSA) is 9.23 Å². The first-order valence-corrected chi connectivity index (χ1v) is 13.9. The van der Waals surface area contributed by atoms with E-state index in [1.54, 1.807) is 13.0 Å². The molecule has 1 saturated carbocycles. The van der Waals surface area contributed by atoms with Gasteiger partial charge >= 0.3 is 0 Å². The number of halogens is 3. The fourth-order valence-electron chi connectivity index (χ4n) is 5.51. The van der Waals surface area contributed by atoms with Gasteiger partial charge in [-0.2, -0.15) is 4.39 Å². The molecule has 1 fully saturated rings. The van der Waals surface area contributed by atoms with Crippen LogP contribution in [-0.4, -0.2) is 6.61 Å². The molecule has 0 atom stereocenters. The average molecular weight is 489 g/mol. The minimum atomic E-state index is -1.07. The molecule has 0 heterocycles. The summed E-state index contributed by atoms with van der Waals surface area (Å²) in [5.74, 6) is -1.21. The van der Waals surface area contributed by atoms with Crippen molar-refractivity contribution in [3.8, 4) is 16.9 Å². The molecule has 2 aromatic carbocycles. The molecule has 0 spiro atoms. The fourth-order valence-corrected chi connectivity index (χ4v) is 5.51. The molecule has 4 heteroatoms. The van der Waals surface area contributed by atoms with Gasteiger partial charge in [0.05, 0.1) is 6.61 Å². The monoisotopic (exact) mass is 488 g/mol. The highest BCUT2D eigenvalue weighted by molar-refractivity contribution is 5.66. The maximum Gasteiger partial charge on any atom is 0.201 e. The molecular formula is C31H43F3O. The molecule has 0 aliphatic heterocycles. The Balaban J connectivity index is 1.42. The second-order valence-corrected chi connectivity index (χ2v) is 10.3. The summed E-state index contributed by atoms with van der Waals surface area (Å²) in [7, 11) is 0. The third-order valence-corrected chi connectivity index (χ3v) is 7.69. The smallest absolute Gasteiger partial charge is 0.201 e. The van der Waals surface area contributed by atoms with Crippen LogP contribution in [0.3, 0.4) is 0 Å². The molecule has 1 aliphatic rings. The third-order valence-electron chi connectivity index (χ3n) is 7.69. The second-order valence-electron chi connectivity index (χ2n) is 10.3. The van der Waals surface area contributed by atoms with Crippen molar-refractivity contribution < 1.29 is 17.9 Å². The van der Waals surface area contributed by atoms with Crippen molar-refractivity contribution in [3.63, 3.8) is 0 Å². The van der Waals surface area contributed by atoms with E-state index < -0.39 is 17.5 Å². The number of rotatable bonds is 14. The Morgan fingerprint density at radius 3 is 2.00 bits per heavy atom. The molecule has 2 aromatic rings. The Morgan fingerprint density at radius 2 is 1.34 bits per heavy atom. The van der Waals surface area contributed by atoms with Crippen LogP contribution in [0.1, 0.15) is 103 Å². The first kappa shape index (κ1) is 27.6. The first-order valence-electron chi connectivity index (χ1n) is 13.9. The molecule has 1 nitrogen and oxygen atoms in total. The molecule has 0 aromatic heterocycles. The number of unbranched alkanes of at least 4 members (excludes halogenated alkanes) is 6. The van der Waals surface area contributed by atoms with Crippen molar-refractivity contribution in [2.75, 3.05) is 6.61 Å². The average Bonchev–Trinajstić information content (AvgIpc) is 2.86. The first-order chi connectivity index (χ1) is 17.0. The zero-order chi connectivity index (χ0) is 25.0. The lowest BCUT2D eigenvalue weighted by Gasteiger charge is -2.28. The summed E-state index contributed by atoms with van der Waals surface area (Å²) >= 11 is 0. The predicted molar refractivity (Wildman–Crippen MR) is 139 cm³/mol. The summed E-state index contributed by atoms with van der Waals surface area (Å²) in [4.78, 5) is 0. The largest absolute Gasteiger partial charge is 0.491 e. The SMILES string of the molecule is CCCCCCCCCC1CCC(CCc2ccc(-c3ccc(OCC)c(F)c3F)c(F)c2)CC1. The molecular weight excluding hydrogens is 445 g/mol. The summed E-state index contributed by atoms with van der Waals surface area (Å²) < 4.78 is 48.6. The van der Waals surface area contributed by atoms with Gasteiger partial charge in [-0.1, -0.05) is 96.1 Å². The predicted octanol–water partition coefficient (Wildman–Crippen LogP) is 10.0. The van der Waals surface area contributed by atoms with Crippen LogP contribution < -0.4 is 4.74 Å². The van der Waals surface area contributed by atoms with Gasteiger partial charge in [-0.05, 0) is 55.4 Å². The van der Waals surface area contributed by atoms with Crippen molar-refractivity contribution in [2.24, 2.45) is 11.8 Å². The maximum atomic E-state index is 14.8. The number of ether oxygens (including phenoxy) is 1. The fraction of sp³-hybridized carbons (Fsp3) is 0.613. The lowest BCUT2D eigenvalue weighted by molar-refractivity contribution is 0.248. The van der Waals surface area contributed by atoms with Gasteiger partial charge in [0.1, 0.15) is 5.82 Å². The van der Waals surface area contributed by atoms with E-state index in [4.69, 9.17) is 4.74 Å². The van der Waals surface area contributed by atoms with Gasteiger partial charge < -0.3 is 4.74 Å². The summed E-state index contributed by atoms with van der Waals surface area (Å²) in [5.41, 5.74) is 0.927. The highest BCUT2D eigenvalue weighted by atomic mass is 19.2. The van der Waals surface area contributed by atoms with Crippen LogP contribution in [0.15, 0.2) is 30.3 Å². The van der Waals surface area contributed by atoms with Crippen LogP contribution >= 0.6 is 0 Å². The molecule has 0 N–H and O–H groups in total. The highest BCUT2D eigenvalue weighted by Crippen LogP contribution is 2.35. The van der Waals surface area contributed by atoms with Crippen LogP contribution in [0.2, 0.25) is 0 Å². The van der Waals surface area contributed by atoms with Gasteiger partial charge in [0.2, 0.25) is 5.82 Å². The van der Waals surface area contributed by atoms with Gasteiger partial charge in [0.25, 0.3) is 0 Å². The van der Waals surface area contributed by atoms with E-state index in [9.17, 15) is 13.2 Å². The highest BCUT2D eigenvalue weighted by Gasteiger charge is 2.21. The number of hydrogen-bond donors (Lipinski definition) is 0. The molecule has 0 bridgehead atoms. The van der Waals surface area contributed by atoms with E-state index in [0.29, 0.717) is 5.92 Å². The summed E-state index contributed by atoms with van der Waals surface area (Å²) in [6.07, 6.45) is 18.1. The summed E-state index contributed by atoms with van der Waals surface area (Å²) in [5, 5.41) is 0. The van der Waals surface area contributed by atoms with Crippen LogP contribution in [0.5, 0.6) is 5.75 Å². The van der Waals surface area contributed by atoms with Gasteiger partial charge in [0.15, 0.2) is 11.6 Å². The Kier molecular flexibility index (Phi) is 11.5. The minimum Gasteiger partial charge on any atom is -0.491 e. The van der Waals surface area contributed by atoms with Crippen molar-refractivity contribution in [2.45, 2.75) is 104 Å². The van der Waals surface area contributed by atoms with E-state index >= 15 is 0 Å².